The van der Waals surface area contributed by atoms with Gasteiger partial charge in [0.05, 0.1) is 17.8 Å². The maximum absolute atomic E-state index is 11.8. The van der Waals surface area contributed by atoms with Crippen molar-refractivity contribution in [3.63, 3.8) is 0 Å². The Kier molecular flexibility index (Phi) is 3.79. The number of benzene rings is 1. The van der Waals surface area contributed by atoms with E-state index in [1.807, 2.05) is 0 Å². The Morgan fingerprint density at radius 1 is 1.32 bits per heavy atom. The molecule has 1 aromatic rings. The van der Waals surface area contributed by atoms with Gasteiger partial charge in [-0.3, -0.25) is 14.4 Å². The smallest absolute Gasteiger partial charge is 0.250 e. The fraction of sp³-hybridized carbons (Fsp3) is 0.308. The molecule has 0 bridgehead atoms. The molecule has 1 aliphatic heterocycles. The van der Waals surface area contributed by atoms with Crippen LogP contribution >= 0.6 is 0 Å². The minimum atomic E-state index is -0.604. The number of nitrogens with one attached hydrogen (secondary N) is 1. The first-order valence-corrected chi connectivity index (χ1v) is 6.04. The zero-order chi connectivity index (χ0) is 13.8. The Morgan fingerprint density at radius 2 is 2.05 bits per heavy atom. The summed E-state index contributed by atoms with van der Waals surface area (Å²) in [5, 5.41) is 2.61. The van der Waals surface area contributed by atoms with Crippen molar-refractivity contribution >= 4 is 23.4 Å². The molecule has 2 rings (SSSR count). The van der Waals surface area contributed by atoms with E-state index < -0.39 is 5.91 Å². The molecule has 19 heavy (non-hydrogen) atoms. The van der Waals surface area contributed by atoms with Gasteiger partial charge < -0.3 is 16.0 Å². The van der Waals surface area contributed by atoms with Crippen LogP contribution in [-0.2, 0) is 9.59 Å². The van der Waals surface area contributed by atoms with Crippen LogP contribution in [0.5, 0.6) is 0 Å². The van der Waals surface area contributed by atoms with Gasteiger partial charge in [-0.25, -0.2) is 0 Å². The molecule has 0 unspecified atom stereocenters. The van der Waals surface area contributed by atoms with Crippen molar-refractivity contribution in [3.05, 3.63) is 29.8 Å². The molecule has 0 aliphatic carbocycles. The summed E-state index contributed by atoms with van der Waals surface area (Å²) >= 11 is 0. The van der Waals surface area contributed by atoms with Gasteiger partial charge >= 0.3 is 0 Å². The fourth-order valence-electron chi connectivity index (χ4n) is 2.04. The van der Waals surface area contributed by atoms with E-state index in [4.69, 9.17) is 5.73 Å². The van der Waals surface area contributed by atoms with E-state index in [2.05, 4.69) is 5.32 Å². The van der Waals surface area contributed by atoms with E-state index in [-0.39, 0.29) is 23.9 Å². The van der Waals surface area contributed by atoms with Crippen molar-refractivity contribution < 1.29 is 14.4 Å². The average Bonchev–Trinajstić information content (AvgIpc) is 2.75. The predicted octanol–water partition coefficient (Wildman–Crippen LogP) is 0.346. The molecule has 6 nitrogen and oxygen atoms in total. The first kappa shape index (κ1) is 13.1. The van der Waals surface area contributed by atoms with Crippen molar-refractivity contribution in [2.24, 2.45) is 5.73 Å². The number of amides is 3. The van der Waals surface area contributed by atoms with Crippen molar-refractivity contribution in [2.45, 2.75) is 12.8 Å². The van der Waals surface area contributed by atoms with Gasteiger partial charge in [0.2, 0.25) is 11.8 Å². The Morgan fingerprint density at radius 3 is 2.68 bits per heavy atom. The zero-order valence-electron chi connectivity index (χ0n) is 10.4. The lowest BCUT2D eigenvalue weighted by Crippen LogP contribution is -2.34. The maximum Gasteiger partial charge on any atom is 0.250 e. The first-order chi connectivity index (χ1) is 9.08. The summed E-state index contributed by atoms with van der Waals surface area (Å²) < 4.78 is 0. The number of primary amides is 1. The average molecular weight is 261 g/mol. The van der Waals surface area contributed by atoms with Crippen LogP contribution in [0.1, 0.15) is 23.2 Å². The number of rotatable bonds is 4. The van der Waals surface area contributed by atoms with Gasteiger partial charge in [-0.2, -0.15) is 0 Å². The van der Waals surface area contributed by atoms with Crippen molar-refractivity contribution in [1.82, 2.24) is 4.90 Å². The number of carbonyl (C=O) groups excluding carboxylic acids is 3. The van der Waals surface area contributed by atoms with Gasteiger partial charge in [-0.15, -0.1) is 0 Å². The molecule has 0 radical (unpaired) electrons. The molecular formula is C13H15N3O3. The largest absolute Gasteiger partial charge is 0.366 e. The lowest BCUT2D eigenvalue weighted by atomic mass is 10.1. The number of carbonyl (C=O) groups is 3. The number of para-hydroxylation sites is 1. The number of anilines is 1. The Labute approximate surface area is 110 Å². The number of hydrogen-bond donors (Lipinski definition) is 2. The topological polar surface area (TPSA) is 92.5 Å². The van der Waals surface area contributed by atoms with E-state index in [9.17, 15) is 14.4 Å². The summed E-state index contributed by atoms with van der Waals surface area (Å²) in [6.45, 7) is 0.607. The lowest BCUT2D eigenvalue weighted by molar-refractivity contribution is -0.131. The first-order valence-electron chi connectivity index (χ1n) is 6.04. The lowest BCUT2D eigenvalue weighted by Gasteiger charge is -2.15. The summed E-state index contributed by atoms with van der Waals surface area (Å²) in [6.07, 6.45) is 1.27. The van der Waals surface area contributed by atoms with Crippen LogP contribution in [0.25, 0.3) is 0 Å². The standard InChI is InChI=1S/C13H15N3O3/c14-13(19)9-4-1-2-5-10(9)15-11(17)8-16-7-3-6-12(16)18/h1-2,4-5H,3,6-8H2,(H2,14,19)(H,15,17). The monoisotopic (exact) mass is 261 g/mol. The van der Waals surface area contributed by atoms with Crippen LogP contribution in [-0.4, -0.2) is 35.7 Å². The second kappa shape index (κ2) is 5.51. The summed E-state index contributed by atoms with van der Waals surface area (Å²) in [4.78, 5) is 35.9. The van der Waals surface area contributed by atoms with E-state index in [0.717, 1.165) is 6.42 Å². The van der Waals surface area contributed by atoms with Crippen LogP contribution in [0.4, 0.5) is 5.69 Å². The fourth-order valence-corrected chi connectivity index (χ4v) is 2.04. The van der Waals surface area contributed by atoms with Gasteiger partial charge in [0, 0.05) is 13.0 Å². The third-order valence-electron chi connectivity index (χ3n) is 2.97. The van der Waals surface area contributed by atoms with Crippen LogP contribution < -0.4 is 11.1 Å². The Balaban J connectivity index is 2.03. The molecule has 1 aromatic carbocycles. The van der Waals surface area contributed by atoms with Crippen LogP contribution in [0.3, 0.4) is 0 Å². The summed E-state index contributed by atoms with van der Waals surface area (Å²) in [7, 11) is 0. The molecular weight excluding hydrogens is 246 g/mol. The predicted molar refractivity (Wildman–Crippen MR) is 69.4 cm³/mol. The molecule has 1 fully saturated rings. The number of hydrogen-bond acceptors (Lipinski definition) is 3. The second-order valence-electron chi connectivity index (χ2n) is 4.38. The van der Waals surface area contributed by atoms with Crippen LogP contribution in [0.15, 0.2) is 24.3 Å². The molecule has 1 saturated heterocycles. The normalized spacial score (nSPS) is 14.5. The zero-order valence-corrected chi connectivity index (χ0v) is 10.4. The van der Waals surface area contributed by atoms with Crippen molar-refractivity contribution in [1.29, 1.82) is 0 Å². The molecule has 100 valence electrons. The van der Waals surface area contributed by atoms with Gasteiger partial charge in [0.25, 0.3) is 5.91 Å². The number of nitrogens with two attached hydrogens (primary N) is 1. The number of likely N-dealkylation sites (tertiary alicyclic amines) is 1. The van der Waals surface area contributed by atoms with E-state index >= 15 is 0 Å². The molecule has 0 saturated carbocycles. The minimum absolute atomic E-state index is 0.00588. The van der Waals surface area contributed by atoms with Gasteiger partial charge in [-0.05, 0) is 18.6 Å². The second-order valence-corrected chi connectivity index (χ2v) is 4.38. The summed E-state index contributed by atoms with van der Waals surface area (Å²) in [5.41, 5.74) is 5.84. The molecule has 0 aromatic heterocycles. The van der Waals surface area contributed by atoms with E-state index in [1.54, 1.807) is 24.3 Å². The van der Waals surface area contributed by atoms with Crippen LogP contribution in [0.2, 0.25) is 0 Å². The molecule has 3 amide bonds. The van der Waals surface area contributed by atoms with Crippen LogP contribution in [0, 0.1) is 0 Å². The molecule has 0 atom stereocenters. The Hall–Kier alpha value is -2.37. The molecule has 3 N–H and O–H groups in total. The van der Waals surface area contributed by atoms with Gasteiger partial charge in [0.1, 0.15) is 0 Å². The van der Waals surface area contributed by atoms with Gasteiger partial charge in [-0.1, -0.05) is 12.1 Å². The SMILES string of the molecule is NC(=O)c1ccccc1NC(=O)CN1CCCC1=O. The highest BCUT2D eigenvalue weighted by molar-refractivity contribution is 6.03. The highest BCUT2D eigenvalue weighted by Crippen LogP contribution is 2.15. The van der Waals surface area contributed by atoms with E-state index in [1.165, 1.54) is 4.90 Å². The highest BCUT2D eigenvalue weighted by atomic mass is 16.2. The maximum atomic E-state index is 11.8. The van der Waals surface area contributed by atoms with Crippen molar-refractivity contribution in [3.8, 4) is 0 Å². The third kappa shape index (κ3) is 3.09. The highest BCUT2D eigenvalue weighted by Gasteiger charge is 2.22. The summed E-state index contributed by atoms with van der Waals surface area (Å²) in [6, 6.07) is 6.51. The molecule has 6 heteroatoms. The van der Waals surface area contributed by atoms with Gasteiger partial charge in [0.15, 0.2) is 0 Å². The summed E-state index contributed by atoms with van der Waals surface area (Å²) in [5.74, 6) is -0.949. The molecule has 0 spiro atoms. The van der Waals surface area contributed by atoms with E-state index in [0.29, 0.717) is 18.7 Å². The molecule has 1 aliphatic rings. The number of nitrogens with zero attached hydrogens (tertiary/aromatic N) is 1. The quantitative estimate of drug-likeness (QED) is 0.818. The Bertz CT molecular complexity index is 528. The van der Waals surface area contributed by atoms with Crippen molar-refractivity contribution in [2.75, 3.05) is 18.4 Å². The molecule has 1 heterocycles. The minimum Gasteiger partial charge on any atom is -0.366 e. The third-order valence-corrected chi connectivity index (χ3v) is 2.97.